The Morgan fingerprint density at radius 3 is 1.34 bits per heavy atom. The Hall–Kier alpha value is -3.96. The van der Waals surface area contributed by atoms with Gasteiger partial charge in [0.05, 0.1) is 0 Å². The van der Waals surface area contributed by atoms with E-state index in [1.165, 1.54) is 128 Å². The molecular formula is C59H102N2O10. The minimum absolute atomic E-state index is 0.00290. The predicted molar refractivity (Wildman–Crippen MR) is 287 cm³/mol. The quantitative estimate of drug-likeness (QED) is 0.0366. The molecule has 0 aromatic heterocycles. The summed E-state index contributed by atoms with van der Waals surface area (Å²) < 4.78 is 22.4. The maximum atomic E-state index is 13.2. The van der Waals surface area contributed by atoms with Crippen molar-refractivity contribution in [3.05, 3.63) is 29.8 Å². The molecule has 2 N–H and O–H groups in total. The van der Waals surface area contributed by atoms with Crippen molar-refractivity contribution in [2.75, 3.05) is 11.9 Å². The van der Waals surface area contributed by atoms with E-state index in [9.17, 15) is 28.8 Å². The number of rotatable bonds is 43. The number of nitrogens with one attached hydrogen (secondary N) is 2. The van der Waals surface area contributed by atoms with Gasteiger partial charge in [-0.25, -0.2) is 4.79 Å². The number of hydrogen-bond acceptors (Lipinski definition) is 10. The molecule has 1 aromatic carbocycles. The molecule has 0 aliphatic rings. The van der Waals surface area contributed by atoms with Crippen molar-refractivity contribution in [2.45, 2.75) is 297 Å². The van der Waals surface area contributed by atoms with Gasteiger partial charge in [-0.2, -0.15) is 0 Å². The molecule has 2 amide bonds. The normalized spacial score (nSPS) is 12.5. The summed E-state index contributed by atoms with van der Waals surface area (Å²) in [6.07, 6.45) is 33.8. The summed E-state index contributed by atoms with van der Waals surface area (Å²) >= 11 is 0. The van der Waals surface area contributed by atoms with Crippen LogP contribution >= 0.6 is 0 Å². The number of ether oxygens (including phenoxy) is 4. The molecule has 1 aromatic rings. The van der Waals surface area contributed by atoms with Crippen LogP contribution in [0.5, 0.6) is 0 Å². The molecule has 0 radical (unpaired) electrons. The Morgan fingerprint density at radius 1 is 0.465 bits per heavy atom. The maximum absolute atomic E-state index is 13.2. The zero-order chi connectivity index (χ0) is 52.6. The number of anilines is 1. The van der Waals surface area contributed by atoms with Crippen LogP contribution in [0.2, 0.25) is 0 Å². The van der Waals surface area contributed by atoms with Crippen LogP contribution in [0.1, 0.15) is 284 Å². The highest BCUT2D eigenvalue weighted by atomic mass is 16.6. The standard InChI is InChI=1S/C59H102N2O10/c1-9-11-13-15-17-19-21-23-25-27-29-31-33-39-53(63)68-47-50(69-54(64)40-34-32-30-28-26-24-22-20-18-16-14-12-10-2)37-35-36-38-52(62)60-49-43-41-48(42-44-49)56(66)61-51(57(67)71-59(6,7)8)45-46-55(65)70-58(3,4)5/h41-44,50-51H,9-40,45-47H2,1-8H3,(H,60,62)(H,61,66)/t50?,51-/m0/s1. The molecule has 1 unspecified atom stereocenters. The van der Waals surface area contributed by atoms with E-state index in [4.69, 9.17) is 18.9 Å². The third kappa shape index (κ3) is 39.3. The number of esters is 4. The Kier molecular flexibility index (Phi) is 37.1. The van der Waals surface area contributed by atoms with Crippen molar-refractivity contribution < 1.29 is 47.7 Å². The van der Waals surface area contributed by atoms with E-state index in [2.05, 4.69) is 24.5 Å². The van der Waals surface area contributed by atoms with E-state index in [1.807, 2.05) is 0 Å². The first-order valence-corrected chi connectivity index (χ1v) is 28.4. The lowest BCUT2D eigenvalue weighted by molar-refractivity contribution is -0.159. The predicted octanol–water partition coefficient (Wildman–Crippen LogP) is 15.2. The van der Waals surface area contributed by atoms with Crippen molar-refractivity contribution in [1.82, 2.24) is 5.32 Å². The molecule has 0 saturated heterocycles. The summed E-state index contributed by atoms with van der Waals surface area (Å²) in [6, 6.07) is 5.22. The first kappa shape index (κ1) is 65.1. The Bertz CT molecular complexity index is 1580. The van der Waals surface area contributed by atoms with Crippen molar-refractivity contribution in [3.63, 3.8) is 0 Å². The number of unbranched alkanes of at least 4 members (excludes halogenated alkanes) is 25. The van der Waals surface area contributed by atoms with E-state index in [0.717, 1.165) is 38.5 Å². The molecule has 12 heteroatoms. The number of benzene rings is 1. The van der Waals surface area contributed by atoms with Gasteiger partial charge in [0.2, 0.25) is 5.91 Å². The van der Waals surface area contributed by atoms with Crippen LogP contribution in [0.4, 0.5) is 5.69 Å². The molecule has 0 spiro atoms. The number of hydrogen-bond donors (Lipinski definition) is 2. The fraction of sp³-hybridized carbons (Fsp3) is 0.797. The van der Waals surface area contributed by atoms with Gasteiger partial charge in [0.25, 0.3) is 5.91 Å². The number of amides is 2. The number of carbonyl (C=O) groups excluding carboxylic acids is 6. The molecule has 1 rings (SSSR count). The van der Waals surface area contributed by atoms with Crippen LogP contribution in [0, 0.1) is 0 Å². The summed E-state index contributed by atoms with van der Waals surface area (Å²) in [5.74, 6) is -2.44. The second-order valence-corrected chi connectivity index (χ2v) is 21.8. The summed E-state index contributed by atoms with van der Waals surface area (Å²) in [7, 11) is 0. The molecule has 0 fully saturated rings. The molecule has 71 heavy (non-hydrogen) atoms. The Labute approximate surface area is 431 Å². The average Bonchev–Trinajstić information content (AvgIpc) is 3.30. The van der Waals surface area contributed by atoms with Gasteiger partial charge in [-0.3, -0.25) is 24.0 Å². The van der Waals surface area contributed by atoms with Crippen LogP contribution in [0.25, 0.3) is 0 Å². The van der Waals surface area contributed by atoms with Crippen LogP contribution in [-0.4, -0.2) is 65.6 Å². The molecule has 0 aliphatic carbocycles. The first-order chi connectivity index (χ1) is 33.9. The van der Waals surface area contributed by atoms with Gasteiger partial charge in [-0.05, 0) is 104 Å². The highest BCUT2D eigenvalue weighted by Gasteiger charge is 2.29. The average molecular weight is 999 g/mol. The van der Waals surface area contributed by atoms with Crippen molar-refractivity contribution in [1.29, 1.82) is 0 Å². The highest BCUT2D eigenvalue weighted by molar-refractivity contribution is 5.98. The fourth-order valence-electron chi connectivity index (χ4n) is 8.36. The third-order valence-corrected chi connectivity index (χ3v) is 12.4. The lowest BCUT2D eigenvalue weighted by Crippen LogP contribution is -2.44. The topological polar surface area (TPSA) is 163 Å². The van der Waals surface area contributed by atoms with Crippen LogP contribution in [0.3, 0.4) is 0 Å². The zero-order valence-electron chi connectivity index (χ0n) is 46.3. The number of carbonyl (C=O) groups is 6. The van der Waals surface area contributed by atoms with Crippen LogP contribution in [0.15, 0.2) is 24.3 Å². The lowest BCUT2D eigenvalue weighted by Gasteiger charge is -2.25. The zero-order valence-corrected chi connectivity index (χ0v) is 46.3. The SMILES string of the molecule is CCCCCCCCCCCCCCCC(=O)OCC(CCCCC(=O)Nc1ccc(C(=O)N[C@@H](CCC(=O)OC(C)(C)C)C(=O)OC(C)(C)C)cc1)OC(=O)CCCCCCCCCCCCCCC. The first-order valence-electron chi connectivity index (χ1n) is 28.4. The van der Waals surface area contributed by atoms with Crippen LogP contribution < -0.4 is 10.6 Å². The Morgan fingerprint density at radius 2 is 0.887 bits per heavy atom. The molecule has 2 atom stereocenters. The van der Waals surface area contributed by atoms with Gasteiger partial charge in [-0.15, -0.1) is 0 Å². The van der Waals surface area contributed by atoms with E-state index < -0.39 is 41.2 Å². The van der Waals surface area contributed by atoms with Gasteiger partial charge >= 0.3 is 23.9 Å². The molecule has 0 aliphatic heterocycles. The third-order valence-electron chi connectivity index (χ3n) is 12.4. The molecule has 12 nitrogen and oxygen atoms in total. The van der Waals surface area contributed by atoms with Gasteiger partial charge < -0.3 is 29.6 Å². The minimum atomic E-state index is -1.08. The summed E-state index contributed by atoms with van der Waals surface area (Å²) in [4.78, 5) is 77.3. The van der Waals surface area contributed by atoms with Crippen molar-refractivity contribution in [3.8, 4) is 0 Å². The fourth-order valence-corrected chi connectivity index (χ4v) is 8.36. The molecule has 408 valence electrons. The van der Waals surface area contributed by atoms with E-state index >= 15 is 0 Å². The van der Waals surface area contributed by atoms with Crippen molar-refractivity contribution in [2.24, 2.45) is 0 Å². The second kappa shape index (κ2) is 40.5. The van der Waals surface area contributed by atoms with Gasteiger partial charge in [0, 0.05) is 36.9 Å². The van der Waals surface area contributed by atoms with E-state index in [1.54, 1.807) is 65.8 Å². The summed E-state index contributed by atoms with van der Waals surface area (Å²) in [5, 5.41) is 5.56. The highest BCUT2D eigenvalue weighted by Crippen LogP contribution is 2.19. The monoisotopic (exact) mass is 999 g/mol. The van der Waals surface area contributed by atoms with Gasteiger partial charge in [0.15, 0.2) is 0 Å². The molecular weight excluding hydrogens is 897 g/mol. The van der Waals surface area contributed by atoms with E-state index in [0.29, 0.717) is 37.8 Å². The van der Waals surface area contributed by atoms with Crippen molar-refractivity contribution >= 4 is 41.4 Å². The van der Waals surface area contributed by atoms with E-state index in [-0.39, 0.29) is 49.3 Å². The molecule has 0 bridgehead atoms. The van der Waals surface area contributed by atoms with Gasteiger partial charge in [-0.1, -0.05) is 168 Å². The van der Waals surface area contributed by atoms with Gasteiger partial charge in [0.1, 0.15) is 30.0 Å². The molecule has 0 saturated carbocycles. The summed E-state index contributed by atoms with van der Waals surface area (Å²) in [5.41, 5.74) is -0.734. The van der Waals surface area contributed by atoms with Crippen LogP contribution in [-0.2, 0) is 42.9 Å². The minimum Gasteiger partial charge on any atom is -0.462 e. The smallest absolute Gasteiger partial charge is 0.329 e. The molecule has 0 heterocycles. The Balaban J connectivity index is 2.62. The second-order valence-electron chi connectivity index (χ2n) is 21.8. The maximum Gasteiger partial charge on any atom is 0.329 e. The lowest BCUT2D eigenvalue weighted by atomic mass is 10.0. The largest absolute Gasteiger partial charge is 0.462 e. The summed E-state index contributed by atoms with van der Waals surface area (Å²) in [6.45, 7) is 15.0.